The summed E-state index contributed by atoms with van der Waals surface area (Å²) in [6, 6.07) is 19.7. The van der Waals surface area contributed by atoms with Crippen LogP contribution in [0, 0.1) is 5.92 Å². The van der Waals surface area contributed by atoms with E-state index in [9.17, 15) is 0 Å². The number of rotatable bonds is 3. The Morgan fingerprint density at radius 1 is 0.810 bits per heavy atom. The third-order valence-corrected chi connectivity index (χ3v) is 6.23. The average molecular weight is 295 g/mol. The molecule has 2 aromatic carbocycles. The van der Waals surface area contributed by atoms with E-state index in [2.05, 4.69) is 71.3 Å². The van der Waals surface area contributed by atoms with Gasteiger partial charge in [0.25, 0.3) is 0 Å². The van der Waals surface area contributed by atoms with Gasteiger partial charge in [-0.2, -0.15) is 0 Å². The Morgan fingerprint density at radius 3 is 2.10 bits per heavy atom. The number of hydrogen-bond donors (Lipinski definition) is 0. The first-order chi connectivity index (χ1) is 10.4. The van der Waals surface area contributed by atoms with Crippen LogP contribution in [0.25, 0.3) is 11.1 Å². The van der Waals surface area contributed by atoms with E-state index in [0.717, 1.165) is 11.2 Å². The summed E-state index contributed by atoms with van der Waals surface area (Å²) in [5.74, 6) is 0.939. The summed E-state index contributed by atoms with van der Waals surface area (Å²) >= 11 is 2.09. The minimum absolute atomic E-state index is 0.801. The van der Waals surface area contributed by atoms with Crippen LogP contribution in [0.15, 0.2) is 59.5 Å². The van der Waals surface area contributed by atoms with E-state index in [4.69, 9.17) is 0 Å². The van der Waals surface area contributed by atoms with Crippen molar-refractivity contribution in [1.29, 1.82) is 0 Å². The fourth-order valence-corrected chi connectivity index (χ4v) is 4.97. The predicted octanol–water partition coefficient (Wildman–Crippen LogP) is 4.54. The van der Waals surface area contributed by atoms with E-state index < -0.39 is 0 Å². The molecule has 3 aliphatic rings. The van der Waals surface area contributed by atoms with Crippen molar-refractivity contribution in [2.24, 2.45) is 5.92 Å². The maximum Gasteiger partial charge on any atom is 0.0251 e. The molecule has 0 spiro atoms. The molecular weight excluding hydrogens is 274 g/mol. The van der Waals surface area contributed by atoms with Gasteiger partial charge in [-0.25, -0.2) is 0 Å². The lowest BCUT2D eigenvalue weighted by molar-refractivity contribution is 0.118. The van der Waals surface area contributed by atoms with Crippen molar-refractivity contribution >= 4 is 11.8 Å². The topological polar surface area (TPSA) is 3.24 Å². The van der Waals surface area contributed by atoms with Crippen molar-refractivity contribution in [3.05, 3.63) is 54.6 Å². The van der Waals surface area contributed by atoms with E-state index in [-0.39, 0.29) is 0 Å². The van der Waals surface area contributed by atoms with E-state index in [1.54, 1.807) is 0 Å². The van der Waals surface area contributed by atoms with Gasteiger partial charge in [-0.1, -0.05) is 42.5 Å². The lowest BCUT2D eigenvalue weighted by atomic mass is 9.88. The largest absolute Gasteiger partial charge is 0.302 e. The molecular formula is C19H21NS. The second kappa shape index (κ2) is 5.86. The van der Waals surface area contributed by atoms with Crippen LogP contribution in [-0.2, 0) is 0 Å². The molecule has 3 saturated heterocycles. The summed E-state index contributed by atoms with van der Waals surface area (Å²) in [6.45, 7) is 3.94. The van der Waals surface area contributed by atoms with Gasteiger partial charge in [0.1, 0.15) is 0 Å². The predicted molar refractivity (Wildman–Crippen MR) is 90.7 cm³/mol. The van der Waals surface area contributed by atoms with Crippen LogP contribution < -0.4 is 0 Å². The van der Waals surface area contributed by atoms with Gasteiger partial charge in [0.05, 0.1) is 0 Å². The van der Waals surface area contributed by atoms with Crippen molar-refractivity contribution in [2.45, 2.75) is 23.0 Å². The average Bonchev–Trinajstić information content (AvgIpc) is 2.57. The fourth-order valence-electron chi connectivity index (χ4n) is 3.58. The highest BCUT2D eigenvalue weighted by atomic mass is 32.2. The zero-order chi connectivity index (χ0) is 14.1. The molecule has 0 radical (unpaired) electrons. The third kappa shape index (κ3) is 2.88. The van der Waals surface area contributed by atoms with E-state index >= 15 is 0 Å². The SMILES string of the molecule is c1ccc(-c2ccc(S[C@@H]3CN4CCC3CC4)cc2)cc1. The van der Waals surface area contributed by atoms with Crippen LogP contribution >= 0.6 is 11.8 Å². The van der Waals surface area contributed by atoms with E-state index in [1.165, 1.54) is 48.5 Å². The maximum atomic E-state index is 2.63. The highest BCUT2D eigenvalue weighted by Gasteiger charge is 2.34. The number of nitrogens with zero attached hydrogens (tertiary/aromatic N) is 1. The van der Waals surface area contributed by atoms with Gasteiger partial charge in [-0.15, -0.1) is 11.8 Å². The first-order valence-electron chi connectivity index (χ1n) is 7.93. The highest BCUT2D eigenvalue weighted by Crippen LogP contribution is 2.38. The Morgan fingerprint density at radius 2 is 1.48 bits per heavy atom. The van der Waals surface area contributed by atoms with Gasteiger partial charge in [0.2, 0.25) is 0 Å². The molecule has 1 atom stereocenters. The number of hydrogen-bond acceptors (Lipinski definition) is 2. The second-order valence-corrected chi connectivity index (χ2v) is 7.50. The van der Waals surface area contributed by atoms with Crippen molar-refractivity contribution in [2.75, 3.05) is 19.6 Å². The lowest BCUT2D eigenvalue weighted by Gasteiger charge is -2.44. The quantitative estimate of drug-likeness (QED) is 0.818. The Balaban J connectivity index is 1.47. The number of fused-ring (bicyclic) bond motifs is 3. The van der Waals surface area contributed by atoms with Crippen LogP contribution in [-0.4, -0.2) is 29.8 Å². The molecule has 3 fully saturated rings. The summed E-state index contributed by atoms with van der Waals surface area (Å²) < 4.78 is 0. The van der Waals surface area contributed by atoms with Gasteiger partial charge in [0.15, 0.2) is 0 Å². The monoisotopic (exact) mass is 295 g/mol. The molecule has 2 bridgehead atoms. The highest BCUT2D eigenvalue weighted by molar-refractivity contribution is 8.00. The molecule has 21 heavy (non-hydrogen) atoms. The summed E-state index contributed by atoms with van der Waals surface area (Å²) in [6.07, 6.45) is 2.81. The van der Waals surface area contributed by atoms with Crippen LogP contribution in [0.4, 0.5) is 0 Å². The Labute approximate surface area is 131 Å². The van der Waals surface area contributed by atoms with Gasteiger partial charge in [0, 0.05) is 16.7 Å². The number of thioether (sulfide) groups is 1. The number of benzene rings is 2. The molecule has 1 nitrogen and oxygen atoms in total. The fraction of sp³-hybridized carbons (Fsp3) is 0.368. The Bertz CT molecular complexity index is 585. The minimum atomic E-state index is 0.801. The molecule has 108 valence electrons. The van der Waals surface area contributed by atoms with Crippen LogP contribution in [0.5, 0.6) is 0 Å². The van der Waals surface area contributed by atoms with Crippen molar-refractivity contribution < 1.29 is 0 Å². The van der Waals surface area contributed by atoms with Crippen molar-refractivity contribution in [1.82, 2.24) is 4.90 Å². The lowest BCUT2D eigenvalue weighted by Crippen LogP contribution is -2.48. The molecule has 3 aliphatic heterocycles. The molecule has 2 aromatic rings. The van der Waals surface area contributed by atoms with Crippen molar-refractivity contribution in [3.8, 4) is 11.1 Å². The van der Waals surface area contributed by atoms with E-state index in [1.807, 2.05) is 0 Å². The molecule has 2 heteroatoms. The summed E-state index contributed by atoms with van der Waals surface area (Å²) in [4.78, 5) is 4.06. The maximum absolute atomic E-state index is 2.63. The molecule has 3 heterocycles. The van der Waals surface area contributed by atoms with Gasteiger partial charge < -0.3 is 4.90 Å². The molecule has 0 amide bonds. The molecule has 0 saturated carbocycles. The standard InChI is InChI=1S/C19H21NS/c1-2-4-15(5-3-1)16-6-8-18(9-7-16)21-19-14-20-12-10-17(19)11-13-20/h1-9,17,19H,10-14H2/t19-/m1/s1. The number of piperidine rings is 3. The Kier molecular flexibility index (Phi) is 3.74. The van der Waals surface area contributed by atoms with Gasteiger partial charge >= 0.3 is 0 Å². The zero-order valence-electron chi connectivity index (χ0n) is 12.2. The summed E-state index contributed by atoms with van der Waals surface area (Å²) in [7, 11) is 0. The zero-order valence-corrected chi connectivity index (χ0v) is 13.1. The molecule has 5 rings (SSSR count). The van der Waals surface area contributed by atoms with Gasteiger partial charge in [-0.05, 0) is 55.1 Å². The van der Waals surface area contributed by atoms with Crippen LogP contribution in [0.2, 0.25) is 0 Å². The summed E-state index contributed by atoms with van der Waals surface area (Å²) in [5.41, 5.74) is 2.62. The molecule has 0 aromatic heterocycles. The minimum Gasteiger partial charge on any atom is -0.302 e. The van der Waals surface area contributed by atoms with Crippen LogP contribution in [0.3, 0.4) is 0 Å². The molecule has 0 N–H and O–H groups in total. The normalized spacial score (nSPS) is 27.7. The summed E-state index contributed by atoms with van der Waals surface area (Å²) in [5, 5.41) is 0.801. The van der Waals surface area contributed by atoms with Crippen LogP contribution in [0.1, 0.15) is 12.8 Å². The van der Waals surface area contributed by atoms with Gasteiger partial charge in [-0.3, -0.25) is 0 Å². The molecule has 0 aliphatic carbocycles. The Hall–Kier alpha value is -1.25. The first kappa shape index (κ1) is 13.4. The third-order valence-electron chi connectivity index (χ3n) is 4.85. The smallest absolute Gasteiger partial charge is 0.0251 e. The second-order valence-electron chi connectivity index (χ2n) is 6.18. The van der Waals surface area contributed by atoms with Crippen molar-refractivity contribution in [3.63, 3.8) is 0 Å². The first-order valence-corrected chi connectivity index (χ1v) is 8.81. The molecule has 0 unspecified atom stereocenters. The van der Waals surface area contributed by atoms with E-state index in [0.29, 0.717) is 0 Å².